The van der Waals surface area contributed by atoms with Crippen molar-refractivity contribution >= 4 is 39.3 Å². The van der Waals surface area contributed by atoms with Gasteiger partial charge in [-0.1, -0.05) is 23.9 Å². The molecule has 0 bridgehead atoms. The van der Waals surface area contributed by atoms with E-state index in [1.807, 2.05) is 31.2 Å². The molecule has 3 aromatic rings. The molecule has 2 aliphatic rings. The van der Waals surface area contributed by atoms with Crippen LogP contribution < -0.4 is 5.56 Å². The molecule has 1 aliphatic carbocycles. The van der Waals surface area contributed by atoms with Gasteiger partial charge in [0.05, 0.1) is 17.7 Å². The molecule has 0 saturated carbocycles. The SMILES string of the molecule is Cc1cccc(-n2c(SC3CCOC3=O)nc3sc4c(c3c2=O)CCCC4)c1. The fraction of sp³-hybridized carbons (Fsp3) is 0.381. The lowest BCUT2D eigenvalue weighted by molar-refractivity contribution is -0.137. The monoisotopic (exact) mass is 412 g/mol. The molecule has 28 heavy (non-hydrogen) atoms. The lowest BCUT2D eigenvalue weighted by Crippen LogP contribution is -2.23. The number of thiophene rings is 1. The fourth-order valence-corrected chi connectivity index (χ4v) is 6.35. The molecule has 1 aromatic carbocycles. The molecule has 5 rings (SSSR count). The van der Waals surface area contributed by atoms with Gasteiger partial charge in [0.15, 0.2) is 5.16 Å². The van der Waals surface area contributed by atoms with Crippen LogP contribution in [0.2, 0.25) is 0 Å². The first-order chi connectivity index (χ1) is 13.6. The van der Waals surface area contributed by atoms with Crippen molar-refractivity contribution < 1.29 is 9.53 Å². The lowest BCUT2D eigenvalue weighted by Gasteiger charge is -2.15. The predicted octanol–water partition coefficient (Wildman–Crippen LogP) is 4.04. The van der Waals surface area contributed by atoms with Crippen LogP contribution in [-0.4, -0.2) is 27.4 Å². The molecule has 1 atom stereocenters. The van der Waals surface area contributed by atoms with Crippen molar-refractivity contribution in [2.45, 2.75) is 49.4 Å². The minimum atomic E-state index is -0.310. The van der Waals surface area contributed by atoms with E-state index < -0.39 is 0 Å². The van der Waals surface area contributed by atoms with Gasteiger partial charge in [0.25, 0.3) is 5.56 Å². The van der Waals surface area contributed by atoms with Crippen LogP contribution in [0.4, 0.5) is 0 Å². The zero-order valence-electron chi connectivity index (χ0n) is 15.6. The maximum atomic E-state index is 13.6. The van der Waals surface area contributed by atoms with Crippen LogP contribution in [0.25, 0.3) is 15.9 Å². The van der Waals surface area contributed by atoms with Gasteiger partial charge in [0.2, 0.25) is 0 Å². The van der Waals surface area contributed by atoms with Gasteiger partial charge in [-0.25, -0.2) is 4.98 Å². The van der Waals surface area contributed by atoms with Gasteiger partial charge in [0, 0.05) is 11.3 Å². The molecule has 2 aromatic heterocycles. The van der Waals surface area contributed by atoms with Crippen LogP contribution in [0.1, 0.15) is 35.3 Å². The van der Waals surface area contributed by atoms with Crippen LogP contribution in [0, 0.1) is 6.92 Å². The number of hydrogen-bond donors (Lipinski definition) is 0. The van der Waals surface area contributed by atoms with Gasteiger partial charge in [-0.3, -0.25) is 14.2 Å². The molecule has 1 aliphatic heterocycles. The van der Waals surface area contributed by atoms with E-state index in [1.165, 1.54) is 28.6 Å². The maximum absolute atomic E-state index is 13.6. The number of benzene rings is 1. The van der Waals surface area contributed by atoms with Crippen molar-refractivity contribution in [1.82, 2.24) is 9.55 Å². The van der Waals surface area contributed by atoms with Gasteiger partial charge in [-0.2, -0.15) is 0 Å². The summed E-state index contributed by atoms with van der Waals surface area (Å²) in [5, 5.41) is 1.03. The second-order valence-corrected chi connectivity index (χ2v) is 9.58. The Hall–Kier alpha value is -2.12. The van der Waals surface area contributed by atoms with Crippen LogP contribution in [-0.2, 0) is 22.4 Å². The summed E-state index contributed by atoms with van der Waals surface area (Å²) >= 11 is 2.99. The Morgan fingerprint density at radius 1 is 1.25 bits per heavy atom. The molecular weight excluding hydrogens is 392 g/mol. The number of thioether (sulfide) groups is 1. The van der Waals surface area contributed by atoms with Gasteiger partial charge >= 0.3 is 5.97 Å². The van der Waals surface area contributed by atoms with Crippen molar-refractivity contribution in [3.8, 4) is 5.69 Å². The second-order valence-electron chi connectivity index (χ2n) is 7.33. The van der Waals surface area contributed by atoms with Crippen LogP contribution in [0.5, 0.6) is 0 Å². The fourth-order valence-electron chi connectivity index (χ4n) is 3.97. The van der Waals surface area contributed by atoms with Gasteiger partial charge in [-0.05, 0) is 55.9 Å². The van der Waals surface area contributed by atoms with E-state index >= 15 is 0 Å². The van der Waals surface area contributed by atoms with Gasteiger partial charge < -0.3 is 4.74 Å². The summed E-state index contributed by atoms with van der Waals surface area (Å²) in [5.74, 6) is -0.222. The number of nitrogens with zero attached hydrogens (tertiary/aromatic N) is 2. The summed E-state index contributed by atoms with van der Waals surface area (Å²) in [6, 6.07) is 7.87. The first-order valence-corrected chi connectivity index (χ1v) is 11.3. The van der Waals surface area contributed by atoms with E-state index in [4.69, 9.17) is 9.72 Å². The third kappa shape index (κ3) is 2.97. The lowest BCUT2D eigenvalue weighted by atomic mass is 9.97. The van der Waals surface area contributed by atoms with E-state index in [9.17, 15) is 9.59 Å². The number of ether oxygens (including phenoxy) is 1. The highest BCUT2D eigenvalue weighted by Gasteiger charge is 2.31. The Bertz CT molecular complexity index is 1150. The second kappa shape index (κ2) is 7.04. The molecule has 1 fully saturated rings. The molecule has 144 valence electrons. The Balaban J connectivity index is 1.75. The van der Waals surface area contributed by atoms with Crippen molar-refractivity contribution in [3.05, 3.63) is 50.6 Å². The normalized spacial score (nSPS) is 19.0. The summed E-state index contributed by atoms with van der Waals surface area (Å²) in [7, 11) is 0. The number of carbonyl (C=O) groups is 1. The quantitative estimate of drug-likeness (QED) is 0.480. The van der Waals surface area contributed by atoms with E-state index in [2.05, 4.69) is 0 Å². The zero-order chi connectivity index (χ0) is 19.3. The number of hydrogen-bond acceptors (Lipinski definition) is 6. The third-order valence-electron chi connectivity index (χ3n) is 5.35. The molecule has 0 amide bonds. The highest BCUT2D eigenvalue weighted by atomic mass is 32.2. The number of rotatable bonds is 3. The van der Waals surface area contributed by atoms with E-state index in [1.54, 1.807) is 15.9 Å². The third-order valence-corrected chi connectivity index (χ3v) is 7.74. The highest BCUT2D eigenvalue weighted by molar-refractivity contribution is 8.00. The molecule has 0 N–H and O–H groups in total. The standard InChI is InChI=1S/C21H20N2O3S2/c1-12-5-4-6-13(11-12)23-19(24)17-14-7-2-3-8-15(14)27-18(17)22-21(23)28-16-9-10-26-20(16)25/h4-6,11,16H,2-3,7-10H2,1H3. The minimum absolute atomic E-state index is 0.0242. The van der Waals surface area contributed by atoms with E-state index in [-0.39, 0.29) is 16.8 Å². The summed E-state index contributed by atoms with van der Waals surface area (Å²) < 4.78 is 6.80. The number of aryl methyl sites for hydroxylation is 3. The molecule has 1 unspecified atom stereocenters. The maximum Gasteiger partial charge on any atom is 0.319 e. The number of aromatic nitrogens is 2. The van der Waals surface area contributed by atoms with Crippen molar-refractivity contribution in [1.29, 1.82) is 0 Å². The van der Waals surface area contributed by atoms with Crippen molar-refractivity contribution in [2.24, 2.45) is 0 Å². The molecule has 1 saturated heterocycles. The number of fused-ring (bicyclic) bond motifs is 3. The molecule has 3 heterocycles. The molecule has 0 radical (unpaired) electrons. The van der Waals surface area contributed by atoms with Crippen molar-refractivity contribution in [2.75, 3.05) is 6.61 Å². The van der Waals surface area contributed by atoms with Crippen LogP contribution >= 0.6 is 23.1 Å². The highest BCUT2D eigenvalue weighted by Crippen LogP contribution is 2.36. The van der Waals surface area contributed by atoms with E-state index in [0.717, 1.165) is 40.7 Å². The predicted molar refractivity (Wildman–Crippen MR) is 112 cm³/mol. The Morgan fingerprint density at radius 2 is 2.11 bits per heavy atom. The van der Waals surface area contributed by atoms with Crippen molar-refractivity contribution in [3.63, 3.8) is 0 Å². The molecule has 7 heteroatoms. The van der Waals surface area contributed by atoms with Crippen LogP contribution in [0.3, 0.4) is 0 Å². The summed E-state index contributed by atoms with van der Waals surface area (Å²) in [4.78, 5) is 32.7. The summed E-state index contributed by atoms with van der Waals surface area (Å²) in [6.45, 7) is 2.44. The topological polar surface area (TPSA) is 61.2 Å². The zero-order valence-corrected chi connectivity index (χ0v) is 17.2. The average Bonchev–Trinajstić information content (AvgIpc) is 3.25. The number of carbonyl (C=O) groups excluding carboxylic acids is 1. The molecule has 5 nitrogen and oxygen atoms in total. The van der Waals surface area contributed by atoms with Gasteiger partial charge in [0.1, 0.15) is 10.1 Å². The average molecular weight is 413 g/mol. The Kier molecular flexibility index (Phi) is 4.51. The summed E-state index contributed by atoms with van der Waals surface area (Å²) in [6.07, 6.45) is 4.90. The first kappa shape index (κ1) is 17.9. The largest absolute Gasteiger partial charge is 0.465 e. The Labute approximate surface area is 170 Å². The number of esters is 1. The smallest absolute Gasteiger partial charge is 0.319 e. The Morgan fingerprint density at radius 3 is 2.89 bits per heavy atom. The summed E-state index contributed by atoms with van der Waals surface area (Å²) in [5.41, 5.74) is 3.03. The van der Waals surface area contributed by atoms with Gasteiger partial charge in [-0.15, -0.1) is 11.3 Å². The molecular formula is C21H20N2O3S2. The van der Waals surface area contributed by atoms with Crippen LogP contribution in [0.15, 0.2) is 34.2 Å². The number of cyclic esters (lactones) is 1. The minimum Gasteiger partial charge on any atom is -0.465 e. The van der Waals surface area contributed by atoms with E-state index in [0.29, 0.717) is 18.2 Å². The first-order valence-electron chi connectivity index (χ1n) is 9.59. The molecule has 0 spiro atoms.